The molecule has 0 aromatic heterocycles. The number of aryl methyl sites for hydroxylation is 2. The SMILES string of the molecule is COc1cccc(S(=O)CC(N)c2ccc(C)c(C)c2)c1. The highest BCUT2D eigenvalue weighted by Crippen LogP contribution is 2.20. The zero-order chi connectivity index (χ0) is 15.4. The summed E-state index contributed by atoms with van der Waals surface area (Å²) in [6.45, 7) is 4.13. The fourth-order valence-electron chi connectivity index (χ4n) is 2.09. The van der Waals surface area contributed by atoms with E-state index >= 15 is 0 Å². The first-order valence-electron chi connectivity index (χ1n) is 6.86. The monoisotopic (exact) mass is 303 g/mol. The molecular formula is C17H21NO2S. The lowest BCUT2D eigenvalue weighted by Crippen LogP contribution is -2.18. The van der Waals surface area contributed by atoms with Crippen LogP contribution in [-0.2, 0) is 10.8 Å². The summed E-state index contributed by atoms with van der Waals surface area (Å²) in [7, 11) is 0.457. The van der Waals surface area contributed by atoms with Gasteiger partial charge in [0.2, 0.25) is 0 Å². The quantitative estimate of drug-likeness (QED) is 0.923. The average Bonchev–Trinajstić information content (AvgIpc) is 2.49. The van der Waals surface area contributed by atoms with Gasteiger partial charge in [0.15, 0.2) is 0 Å². The molecule has 4 heteroatoms. The Kier molecular flexibility index (Phi) is 5.15. The molecule has 0 aliphatic rings. The molecule has 0 fully saturated rings. The molecule has 2 unspecified atom stereocenters. The average molecular weight is 303 g/mol. The van der Waals surface area contributed by atoms with Crippen LogP contribution in [0, 0.1) is 13.8 Å². The van der Waals surface area contributed by atoms with Crippen molar-refractivity contribution in [1.29, 1.82) is 0 Å². The smallest absolute Gasteiger partial charge is 0.120 e. The summed E-state index contributed by atoms with van der Waals surface area (Å²) in [6.07, 6.45) is 0. The predicted octanol–water partition coefficient (Wildman–Crippen LogP) is 3.12. The maximum Gasteiger partial charge on any atom is 0.120 e. The van der Waals surface area contributed by atoms with Crippen molar-refractivity contribution in [2.75, 3.05) is 12.9 Å². The van der Waals surface area contributed by atoms with Gasteiger partial charge in [0.25, 0.3) is 0 Å². The van der Waals surface area contributed by atoms with E-state index in [4.69, 9.17) is 10.5 Å². The molecule has 3 nitrogen and oxygen atoms in total. The first kappa shape index (κ1) is 15.7. The van der Waals surface area contributed by atoms with Crippen LogP contribution >= 0.6 is 0 Å². The molecule has 2 N–H and O–H groups in total. The van der Waals surface area contributed by atoms with Gasteiger partial charge in [0.1, 0.15) is 5.75 Å². The van der Waals surface area contributed by atoms with Crippen molar-refractivity contribution in [3.63, 3.8) is 0 Å². The molecule has 112 valence electrons. The van der Waals surface area contributed by atoms with Gasteiger partial charge in [-0.05, 0) is 48.7 Å². The number of ether oxygens (including phenoxy) is 1. The Morgan fingerprint density at radius 3 is 2.57 bits per heavy atom. The minimum absolute atomic E-state index is 0.240. The van der Waals surface area contributed by atoms with Gasteiger partial charge >= 0.3 is 0 Å². The van der Waals surface area contributed by atoms with Crippen molar-refractivity contribution in [3.8, 4) is 5.75 Å². The maximum absolute atomic E-state index is 12.4. The van der Waals surface area contributed by atoms with E-state index in [1.165, 1.54) is 11.1 Å². The van der Waals surface area contributed by atoms with E-state index in [9.17, 15) is 4.21 Å². The van der Waals surface area contributed by atoms with Gasteiger partial charge in [-0.3, -0.25) is 4.21 Å². The van der Waals surface area contributed by atoms with E-state index < -0.39 is 10.8 Å². The summed E-state index contributed by atoms with van der Waals surface area (Å²) in [5.41, 5.74) is 9.66. The fraction of sp³-hybridized carbons (Fsp3) is 0.294. The van der Waals surface area contributed by atoms with Gasteiger partial charge in [0.05, 0.1) is 17.9 Å². The topological polar surface area (TPSA) is 52.3 Å². The van der Waals surface area contributed by atoms with Crippen LogP contribution in [0.4, 0.5) is 0 Å². The van der Waals surface area contributed by atoms with E-state index in [-0.39, 0.29) is 6.04 Å². The molecule has 0 heterocycles. The van der Waals surface area contributed by atoms with Crippen molar-refractivity contribution in [1.82, 2.24) is 0 Å². The molecule has 0 amide bonds. The van der Waals surface area contributed by atoms with E-state index in [1.807, 2.05) is 24.3 Å². The van der Waals surface area contributed by atoms with Gasteiger partial charge < -0.3 is 10.5 Å². The fourth-order valence-corrected chi connectivity index (χ4v) is 3.28. The Bertz CT molecular complexity index is 655. The summed E-state index contributed by atoms with van der Waals surface area (Å²) in [5.74, 6) is 1.11. The number of benzene rings is 2. The molecule has 0 spiro atoms. The summed E-state index contributed by atoms with van der Waals surface area (Å²) >= 11 is 0. The van der Waals surface area contributed by atoms with Gasteiger partial charge in [-0.1, -0.05) is 24.3 Å². The van der Waals surface area contributed by atoms with Crippen molar-refractivity contribution in [3.05, 3.63) is 59.2 Å². The van der Waals surface area contributed by atoms with Gasteiger partial charge in [-0.15, -0.1) is 0 Å². The Balaban J connectivity index is 2.12. The highest BCUT2D eigenvalue weighted by molar-refractivity contribution is 7.85. The van der Waals surface area contributed by atoms with E-state index in [0.717, 1.165) is 10.5 Å². The number of nitrogens with two attached hydrogens (primary N) is 1. The van der Waals surface area contributed by atoms with Crippen LogP contribution in [0.1, 0.15) is 22.7 Å². The normalized spacial score (nSPS) is 13.7. The second-order valence-corrected chi connectivity index (χ2v) is 6.64. The minimum Gasteiger partial charge on any atom is -0.497 e. The summed E-state index contributed by atoms with van der Waals surface area (Å²) in [6, 6.07) is 13.2. The third kappa shape index (κ3) is 3.93. The van der Waals surface area contributed by atoms with Crippen molar-refractivity contribution < 1.29 is 8.95 Å². The second kappa shape index (κ2) is 6.87. The lowest BCUT2D eigenvalue weighted by Gasteiger charge is -2.14. The van der Waals surface area contributed by atoms with Crippen molar-refractivity contribution in [2.24, 2.45) is 5.73 Å². The summed E-state index contributed by atoms with van der Waals surface area (Å²) in [4.78, 5) is 0.744. The summed E-state index contributed by atoms with van der Waals surface area (Å²) in [5, 5.41) is 0. The lowest BCUT2D eigenvalue weighted by atomic mass is 10.0. The minimum atomic E-state index is -1.14. The van der Waals surface area contributed by atoms with Crippen molar-refractivity contribution >= 4 is 10.8 Å². The van der Waals surface area contributed by atoms with Crippen LogP contribution in [0.5, 0.6) is 5.75 Å². The van der Waals surface area contributed by atoms with E-state index in [2.05, 4.69) is 26.0 Å². The zero-order valence-electron chi connectivity index (χ0n) is 12.6. The molecule has 2 aromatic rings. The zero-order valence-corrected chi connectivity index (χ0v) is 13.4. The van der Waals surface area contributed by atoms with Gasteiger partial charge in [-0.25, -0.2) is 0 Å². The third-order valence-corrected chi connectivity index (χ3v) is 5.04. The Morgan fingerprint density at radius 2 is 1.90 bits per heavy atom. The molecule has 0 aliphatic carbocycles. The molecule has 0 aliphatic heterocycles. The molecule has 2 atom stereocenters. The number of hydrogen-bond donors (Lipinski definition) is 1. The van der Waals surface area contributed by atoms with Crippen LogP contribution < -0.4 is 10.5 Å². The maximum atomic E-state index is 12.4. The first-order valence-corrected chi connectivity index (χ1v) is 8.18. The first-order chi connectivity index (χ1) is 10.0. The molecular weight excluding hydrogens is 282 g/mol. The third-order valence-electron chi connectivity index (χ3n) is 3.59. The molecule has 21 heavy (non-hydrogen) atoms. The van der Waals surface area contributed by atoms with Crippen LogP contribution in [0.25, 0.3) is 0 Å². The second-order valence-electron chi connectivity index (χ2n) is 5.14. The van der Waals surface area contributed by atoms with E-state index in [1.54, 1.807) is 13.2 Å². The number of methoxy groups -OCH3 is 1. The van der Waals surface area contributed by atoms with Crippen LogP contribution in [0.15, 0.2) is 47.4 Å². The number of rotatable bonds is 5. The Morgan fingerprint density at radius 1 is 1.14 bits per heavy atom. The van der Waals surface area contributed by atoms with Crippen LogP contribution in [0.2, 0.25) is 0 Å². The highest BCUT2D eigenvalue weighted by Gasteiger charge is 2.13. The number of hydrogen-bond acceptors (Lipinski definition) is 3. The van der Waals surface area contributed by atoms with Crippen LogP contribution in [-0.4, -0.2) is 17.1 Å². The molecule has 0 bridgehead atoms. The van der Waals surface area contributed by atoms with Crippen LogP contribution in [0.3, 0.4) is 0 Å². The molecule has 0 saturated carbocycles. The molecule has 2 aromatic carbocycles. The Labute approximate surface area is 128 Å². The largest absolute Gasteiger partial charge is 0.497 e. The lowest BCUT2D eigenvalue weighted by molar-refractivity contribution is 0.413. The van der Waals surface area contributed by atoms with E-state index in [0.29, 0.717) is 11.5 Å². The molecule has 2 rings (SSSR count). The van der Waals surface area contributed by atoms with Gasteiger partial charge in [-0.2, -0.15) is 0 Å². The molecule has 0 radical (unpaired) electrons. The Hall–Kier alpha value is -1.65. The standard InChI is InChI=1S/C17H21NO2S/c1-12-7-8-14(9-13(12)2)17(18)11-21(19)16-6-4-5-15(10-16)20-3/h4-10,17H,11,18H2,1-3H3. The summed E-state index contributed by atoms with van der Waals surface area (Å²) < 4.78 is 17.6. The van der Waals surface area contributed by atoms with Crippen molar-refractivity contribution in [2.45, 2.75) is 24.8 Å². The predicted molar refractivity (Wildman–Crippen MR) is 87.1 cm³/mol. The molecule has 0 saturated heterocycles. The highest BCUT2D eigenvalue weighted by atomic mass is 32.2. The van der Waals surface area contributed by atoms with Gasteiger partial charge in [0, 0.05) is 16.7 Å².